The summed E-state index contributed by atoms with van der Waals surface area (Å²) in [4.78, 5) is 12.1. The Hall–Kier alpha value is -1.91. The van der Waals surface area contributed by atoms with E-state index in [1.54, 1.807) is 36.4 Å². The van der Waals surface area contributed by atoms with E-state index in [9.17, 15) is 4.79 Å². The van der Waals surface area contributed by atoms with Crippen molar-refractivity contribution in [1.82, 2.24) is 0 Å². The average molecular weight is 339 g/mol. The Morgan fingerprint density at radius 3 is 2.50 bits per heavy atom. The standard InChI is InChI=1S/C16H12Cl2O4/c17-11-4-3-5-12(18)10(11)8-21-16(19)15-9-20-13-6-1-2-7-14(13)22-15/h1-7,15H,8-9H2/t15-/m0/s1. The molecule has 2 aromatic rings. The summed E-state index contributed by atoms with van der Waals surface area (Å²) in [5, 5.41) is 0.901. The van der Waals surface area contributed by atoms with Crippen LogP contribution in [-0.2, 0) is 16.1 Å². The number of hydrogen-bond acceptors (Lipinski definition) is 4. The molecular weight excluding hydrogens is 327 g/mol. The lowest BCUT2D eigenvalue weighted by molar-refractivity contribution is -0.155. The lowest BCUT2D eigenvalue weighted by Crippen LogP contribution is -2.37. The first-order chi connectivity index (χ1) is 10.6. The normalized spacial score (nSPS) is 16.2. The van der Waals surface area contributed by atoms with E-state index in [-0.39, 0.29) is 13.2 Å². The molecule has 6 heteroatoms. The van der Waals surface area contributed by atoms with E-state index in [0.717, 1.165) is 0 Å². The van der Waals surface area contributed by atoms with Gasteiger partial charge in [0.1, 0.15) is 13.2 Å². The third-order valence-corrected chi connectivity index (χ3v) is 3.90. The van der Waals surface area contributed by atoms with Crippen molar-refractivity contribution >= 4 is 29.2 Å². The molecule has 1 aliphatic rings. The number of esters is 1. The molecule has 0 saturated heterocycles. The van der Waals surface area contributed by atoms with Crippen molar-refractivity contribution in [3.63, 3.8) is 0 Å². The third-order valence-electron chi connectivity index (χ3n) is 3.19. The Balaban J connectivity index is 1.64. The van der Waals surface area contributed by atoms with E-state index in [2.05, 4.69) is 0 Å². The number of para-hydroxylation sites is 2. The zero-order valence-corrected chi connectivity index (χ0v) is 12.9. The van der Waals surface area contributed by atoms with Gasteiger partial charge in [-0.25, -0.2) is 4.79 Å². The van der Waals surface area contributed by atoms with Crippen LogP contribution in [0.5, 0.6) is 11.5 Å². The summed E-state index contributed by atoms with van der Waals surface area (Å²) in [5.41, 5.74) is 0.566. The summed E-state index contributed by atoms with van der Waals surface area (Å²) < 4.78 is 16.3. The molecule has 114 valence electrons. The second-order valence-electron chi connectivity index (χ2n) is 4.67. The van der Waals surface area contributed by atoms with Crippen LogP contribution in [0.15, 0.2) is 42.5 Å². The average Bonchev–Trinajstić information content (AvgIpc) is 2.53. The molecule has 0 aromatic heterocycles. The number of benzene rings is 2. The fourth-order valence-corrected chi connectivity index (χ4v) is 2.55. The quantitative estimate of drug-likeness (QED) is 0.796. The van der Waals surface area contributed by atoms with Crippen LogP contribution >= 0.6 is 23.2 Å². The van der Waals surface area contributed by atoms with Gasteiger partial charge < -0.3 is 14.2 Å². The molecule has 1 atom stereocenters. The van der Waals surface area contributed by atoms with Crippen LogP contribution in [-0.4, -0.2) is 18.7 Å². The van der Waals surface area contributed by atoms with Crippen LogP contribution in [0.2, 0.25) is 10.0 Å². The molecule has 4 nitrogen and oxygen atoms in total. The first kappa shape index (κ1) is 15.0. The van der Waals surface area contributed by atoms with E-state index < -0.39 is 12.1 Å². The predicted octanol–water partition coefficient (Wildman–Crippen LogP) is 3.88. The first-order valence-electron chi connectivity index (χ1n) is 6.63. The highest BCUT2D eigenvalue weighted by atomic mass is 35.5. The molecule has 2 aromatic carbocycles. The smallest absolute Gasteiger partial charge is 0.351 e. The van der Waals surface area contributed by atoms with Crippen molar-refractivity contribution < 1.29 is 19.0 Å². The highest BCUT2D eigenvalue weighted by Gasteiger charge is 2.28. The van der Waals surface area contributed by atoms with E-state index in [0.29, 0.717) is 27.1 Å². The largest absolute Gasteiger partial charge is 0.485 e. The third kappa shape index (κ3) is 3.13. The van der Waals surface area contributed by atoms with Gasteiger partial charge >= 0.3 is 5.97 Å². The molecule has 0 radical (unpaired) electrons. The fourth-order valence-electron chi connectivity index (χ4n) is 2.04. The molecule has 0 saturated carbocycles. The van der Waals surface area contributed by atoms with E-state index in [1.165, 1.54) is 0 Å². The highest BCUT2D eigenvalue weighted by molar-refractivity contribution is 6.35. The van der Waals surface area contributed by atoms with Crippen molar-refractivity contribution in [2.45, 2.75) is 12.7 Å². The van der Waals surface area contributed by atoms with Gasteiger partial charge in [0.15, 0.2) is 11.5 Å². The van der Waals surface area contributed by atoms with Gasteiger partial charge in [-0.1, -0.05) is 41.4 Å². The highest BCUT2D eigenvalue weighted by Crippen LogP contribution is 2.31. The minimum atomic E-state index is -0.809. The number of fused-ring (bicyclic) bond motifs is 1. The second kappa shape index (κ2) is 6.46. The predicted molar refractivity (Wildman–Crippen MR) is 82.6 cm³/mol. The van der Waals surface area contributed by atoms with Crippen molar-refractivity contribution in [3.8, 4) is 11.5 Å². The number of ether oxygens (including phenoxy) is 3. The van der Waals surface area contributed by atoms with Gasteiger partial charge in [-0.3, -0.25) is 0 Å². The molecule has 0 bridgehead atoms. The SMILES string of the molecule is O=C(OCc1c(Cl)cccc1Cl)[C@@H]1COc2ccccc2O1. The monoisotopic (exact) mass is 338 g/mol. The summed E-state index contributed by atoms with van der Waals surface area (Å²) in [6.45, 7) is 0.0882. The minimum absolute atomic E-state index is 0.0150. The van der Waals surface area contributed by atoms with Gasteiger partial charge in [0.2, 0.25) is 6.10 Å². The maximum atomic E-state index is 12.1. The van der Waals surface area contributed by atoms with E-state index in [4.69, 9.17) is 37.4 Å². The Bertz CT molecular complexity index is 682. The van der Waals surface area contributed by atoms with E-state index >= 15 is 0 Å². The molecule has 0 fully saturated rings. The topological polar surface area (TPSA) is 44.8 Å². The lowest BCUT2D eigenvalue weighted by atomic mass is 10.2. The Kier molecular flexibility index (Phi) is 4.41. The van der Waals surface area contributed by atoms with Crippen molar-refractivity contribution in [3.05, 3.63) is 58.1 Å². The molecular formula is C16H12Cl2O4. The molecule has 0 amide bonds. The van der Waals surface area contributed by atoms with Crippen molar-refractivity contribution in [1.29, 1.82) is 0 Å². The molecule has 1 heterocycles. The molecule has 0 unspecified atom stereocenters. The maximum absolute atomic E-state index is 12.1. The van der Waals surface area contributed by atoms with E-state index in [1.807, 2.05) is 6.07 Å². The van der Waals surface area contributed by atoms with Gasteiger partial charge in [0.25, 0.3) is 0 Å². The second-order valence-corrected chi connectivity index (χ2v) is 5.49. The number of carbonyl (C=O) groups excluding carboxylic acids is 1. The summed E-state index contributed by atoms with van der Waals surface area (Å²) in [5.74, 6) is 0.609. The number of rotatable bonds is 3. The lowest BCUT2D eigenvalue weighted by Gasteiger charge is -2.25. The Morgan fingerprint density at radius 1 is 1.09 bits per heavy atom. The van der Waals surface area contributed by atoms with Crippen LogP contribution < -0.4 is 9.47 Å². The molecule has 3 rings (SSSR count). The fraction of sp³-hybridized carbons (Fsp3) is 0.188. The molecule has 0 N–H and O–H groups in total. The Labute approximate surface area is 137 Å². The van der Waals surface area contributed by atoms with Gasteiger partial charge in [0, 0.05) is 15.6 Å². The van der Waals surface area contributed by atoms with Gasteiger partial charge in [-0.2, -0.15) is 0 Å². The van der Waals surface area contributed by atoms with Crippen LogP contribution in [0.3, 0.4) is 0 Å². The summed E-state index contributed by atoms with van der Waals surface area (Å²) in [6.07, 6.45) is -0.809. The number of carbonyl (C=O) groups is 1. The summed E-state index contributed by atoms with van der Waals surface area (Å²) in [7, 11) is 0. The number of halogens is 2. The van der Waals surface area contributed by atoms with Crippen LogP contribution in [0.4, 0.5) is 0 Å². The molecule has 0 spiro atoms. The molecule has 0 aliphatic carbocycles. The van der Waals surface area contributed by atoms with Crippen molar-refractivity contribution in [2.24, 2.45) is 0 Å². The number of hydrogen-bond donors (Lipinski definition) is 0. The van der Waals surface area contributed by atoms with Gasteiger partial charge in [-0.15, -0.1) is 0 Å². The van der Waals surface area contributed by atoms with Gasteiger partial charge in [0.05, 0.1) is 0 Å². The van der Waals surface area contributed by atoms with Crippen LogP contribution in [0.25, 0.3) is 0 Å². The minimum Gasteiger partial charge on any atom is -0.485 e. The summed E-state index contributed by atoms with van der Waals surface area (Å²) >= 11 is 12.1. The molecule has 22 heavy (non-hydrogen) atoms. The Morgan fingerprint density at radius 2 is 1.77 bits per heavy atom. The zero-order chi connectivity index (χ0) is 15.5. The first-order valence-corrected chi connectivity index (χ1v) is 7.39. The van der Waals surface area contributed by atoms with Crippen LogP contribution in [0.1, 0.15) is 5.56 Å². The molecule has 1 aliphatic heterocycles. The maximum Gasteiger partial charge on any atom is 0.351 e. The van der Waals surface area contributed by atoms with Crippen molar-refractivity contribution in [2.75, 3.05) is 6.61 Å². The van der Waals surface area contributed by atoms with Crippen LogP contribution in [0, 0.1) is 0 Å². The zero-order valence-electron chi connectivity index (χ0n) is 11.4. The van der Waals surface area contributed by atoms with Gasteiger partial charge in [-0.05, 0) is 24.3 Å². The summed E-state index contributed by atoms with van der Waals surface area (Å²) in [6, 6.07) is 12.3.